The molecule has 0 bridgehead atoms. The van der Waals surface area contributed by atoms with Gasteiger partial charge in [0, 0.05) is 12.3 Å². The number of halogens is 3. The molecular weight excluding hydrogens is 227 g/mol. The lowest BCUT2D eigenvalue weighted by molar-refractivity contribution is -0.153. The van der Waals surface area contributed by atoms with Gasteiger partial charge in [0.2, 0.25) is 0 Å². The Bertz CT molecular complexity index is 379. The fourth-order valence-electron chi connectivity index (χ4n) is 0.882. The monoisotopic (exact) mass is 235 g/mol. The fourth-order valence-corrected chi connectivity index (χ4v) is 0.882. The fraction of sp³-hybridized carbons (Fsp3) is 0.333. The number of aromatic nitrogens is 1. The summed E-state index contributed by atoms with van der Waals surface area (Å²) in [5.74, 6) is -0.829. The van der Waals surface area contributed by atoms with Crippen molar-refractivity contribution in [2.75, 3.05) is 13.7 Å². The van der Waals surface area contributed by atoms with Crippen LogP contribution in [0.25, 0.3) is 0 Å². The Hall–Kier alpha value is -1.79. The minimum atomic E-state index is -4.42. The molecule has 1 rings (SSSR count). The van der Waals surface area contributed by atoms with Crippen LogP contribution in [-0.4, -0.2) is 30.8 Å². The lowest BCUT2D eigenvalue weighted by Crippen LogP contribution is -2.19. The van der Waals surface area contributed by atoms with Crippen LogP contribution in [0, 0.1) is 0 Å². The van der Waals surface area contributed by atoms with E-state index >= 15 is 0 Å². The minimum Gasteiger partial charge on any atom is -0.484 e. The highest BCUT2D eigenvalue weighted by molar-refractivity contribution is 5.87. The van der Waals surface area contributed by atoms with Crippen LogP contribution in [0.3, 0.4) is 0 Å². The van der Waals surface area contributed by atoms with Crippen LogP contribution >= 0.6 is 0 Å². The van der Waals surface area contributed by atoms with E-state index in [1.54, 1.807) is 0 Å². The topological polar surface area (TPSA) is 48.4 Å². The predicted octanol–water partition coefficient (Wildman–Crippen LogP) is 1.81. The van der Waals surface area contributed by atoms with E-state index in [2.05, 4.69) is 14.5 Å². The van der Waals surface area contributed by atoms with E-state index in [-0.39, 0.29) is 11.4 Å². The molecule has 0 fully saturated rings. The van der Waals surface area contributed by atoms with Gasteiger partial charge in [-0.1, -0.05) is 0 Å². The molecule has 1 heterocycles. The molecule has 16 heavy (non-hydrogen) atoms. The van der Waals surface area contributed by atoms with Crippen molar-refractivity contribution in [3.63, 3.8) is 0 Å². The molecule has 0 N–H and O–H groups in total. The van der Waals surface area contributed by atoms with Crippen LogP contribution in [0.4, 0.5) is 13.2 Å². The summed E-state index contributed by atoms with van der Waals surface area (Å²) >= 11 is 0. The number of nitrogens with zero attached hydrogens (tertiary/aromatic N) is 1. The van der Waals surface area contributed by atoms with Gasteiger partial charge in [-0.15, -0.1) is 0 Å². The summed E-state index contributed by atoms with van der Waals surface area (Å²) in [6.45, 7) is -1.42. The summed E-state index contributed by atoms with van der Waals surface area (Å²) in [5.41, 5.74) is -0.109. The molecule has 0 radical (unpaired) electrons. The van der Waals surface area contributed by atoms with E-state index in [0.29, 0.717) is 0 Å². The molecule has 0 unspecified atom stereocenters. The van der Waals surface area contributed by atoms with Crippen LogP contribution in [0.1, 0.15) is 10.5 Å². The molecule has 0 atom stereocenters. The summed E-state index contributed by atoms with van der Waals surface area (Å²) in [5, 5.41) is 0. The maximum absolute atomic E-state index is 11.8. The molecule has 88 valence electrons. The van der Waals surface area contributed by atoms with Gasteiger partial charge in [0.15, 0.2) is 12.3 Å². The predicted molar refractivity (Wildman–Crippen MR) is 47.1 cm³/mol. The van der Waals surface area contributed by atoms with Crippen LogP contribution in [0.2, 0.25) is 0 Å². The van der Waals surface area contributed by atoms with Crippen LogP contribution in [0.15, 0.2) is 18.3 Å². The summed E-state index contributed by atoms with van der Waals surface area (Å²) < 4.78 is 44.3. The number of pyridine rings is 1. The van der Waals surface area contributed by atoms with Crippen molar-refractivity contribution in [2.45, 2.75) is 6.18 Å². The number of methoxy groups -OCH3 is 1. The van der Waals surface area contributed by atoms with Gasteiger partial charge >= 0.3 is 12.1 Å². The summed E-state index contributed by atoms with van der Waals surface area (Å²) in [6, 6.07) is 2.30. The van der Waals surface area contributed by atoms with Crippen LogP contribution in [-0.2, 0) is 4.74 Å². The molecule has 0 aromatic carbocycles. The van der Waals surface area contributed by atoms with Crippen LogP contribution in [0.5, 0.6) is 5.75 Å². The molecular formula is C9H8F3NO3. The van der Waals surface area contributed by atoms with Gasteiger partial charge in [0.05, 0.1) is 7.11 Å². The van der Waals surface area contributed by atoms with Crippen molar-refractivity contribution in [3.05, 3.63) is 24.0 Å². The number of ether oxygens (including phenoxy) is 2. The average molecular weight is 235 g/mol. The number of alkyl halides is 3. The van der Waals surface area contributed by atoms with Crippen molar-refractivity contribution in [3.8, 4) is 5.75 Å². The van der Waals surface area contributed by atoms with Crippen LogP contribution < -0.4 is 4.74 Å². The van der Waals surface area contributed by atoms with E-state index in [1.165, 1.54) is 6.07 Å². The van der Waals surface area contributed by atoms with Gasteiger partial charge in [0.1, 0.15) is 5.75 Å². The number of hydrogen-bond acceptors (Lipinski definition) is 4. The number of hydrogen-bond donors (Lipinski definition) is 0. The Kier molecular flexibility index (Phi) is 3.70. The number of esters is 1. The maximum atomic E-state index is 11.8. The Morgan fingerprint density at radius 1 is 1.50 bits per heavy atom. The quantitative estimate of drug-likeness (QED) is 0.749. The first kappa shape index (κ1) is 12.3. The third-order valence-electron chi connectivity index (χ3n) is 1.53. The zero-order valence-electron chi connectivity index (χ0n) is 8.25. The van der Waals surface area contributed by atoms with E-state index < -0.39 is 18.8 Å². The first-order chi connectivity index (χ1) is 7.42. The number of carbonyl (C=O) groups is 1. The zero-order chi connectivity index (χ0) is 12.2. The average Bonchev–Trinajstić information content (AvgIpc) is 2.25. The molecule has 0 aliphatic heterocycles. The highest BCUT2D eigenvalue weighted by Gasteiger charge is 2.28. The molecule has 0 aliphatic rings. The standard InChI is InChI=1S/C9H8F3NO3/c1-15-8(14)7-4-6(2-3-13-7)16-5-9(10,11)12/h2-4H,5H2,1H3. The second kappa shape index (κ2) is 4.82. The van der Waals surface area contributed by atoms with Crippen molar-refractivity contribution >= 4 is 5.97 Å². The maximum Gasteiger partial charge on any atom is 0.422 e. The number of rotatable bonds is 3. The van der Waals surface area contributed by atoms with Crippen molar-refractivity contribution in [2.24, 2.45) is 0 Å². The normalized spacial score (nSPS) is 11.0. The molecule has 0 saturated heterocycles. The van der Waals surface area contributed by atoms with Gasteiger partial charge in [0.25, 0.3) is 0 Å². The molecule has 0 aliphatic carbocycles. The van der Waals surface area contributed by atoms with Gasteiger partial charge in [-0.25, -0.2) is 9.78 Å². The van der Waals surface area contributed by atoms with E-state index in [9.17, 15) is 18.0 Å². The summed E-state index contributed by atoms with van der Waals surface area (Å²) in [6.07, 6.45) is -3.26. The highest BCUT2D eigenvalue weighted by atomic mass is 19.4. The van der Waals surface area contributed by atoms with Gasteiger partial charge in [-0.3, -0.25) is 0 Å². The minimum absolute atomic E-state index is 0.0901. The second-order valence-electron chi connectivity index (χ2n) is 2.77. The molecule has 4 nitrogen and oxygen atoms in total. The second-order valence-corrected chi connectivity index (χ2v) is 2.77. The van der Waals surface area contributed by atoms with Gasteiger partial charge in [-0.2, -0.15) is 13.2 Å². The lowest BCUT2D eigenvalue weighted by atomic mass is 10.3. The molecule has 1 aromatic heterocycles. The van der Waals surface area contributed by atoms with E-state index in [0.717, 1.165) is 19.4 Å². The first-order valence-electron chi connectivity index (χ1n) is 4.16. The Morgan fingerprint density at radius 3 is 2.75 bits per heavy atom. The molecule has 0 spiro atoms. The third-order valence-corrected chi connectivity index (χ3v) is 1.53. The smallest absolute Gasteiger partial charge is 0.422 e. The Labute approximate surface area is 89.0 Å². The molecule has 7 heteroatoms. The molecule has 1 aromatic rings. The van der Waals surface area contributed by atoms with Gasteiger partial charge in [-0.05, 0) is 6.07 Å². The Morgan fingerprint density at radius 2 is 2.19 bits per heavy atom. The van der Waals surface area contributed by atoms with Crippen molar-refractivity contribution < 1.29 is 27.4 Å². The third kappa shape index (κ3) is 3.76. The van der Waals surface area contributed by atoms with Crippen molar-refractivity contribution in [1.29, 1.82) is 0 Å². The Balaban J connectivity index is 2.71. The van der Waals surface area contributed by atoms with E-state index in [1.807, 2.05) is 0 Å². The van der Waals surface area contributed by atoms with Gasteiger partial charge < -0.3 is 9.47 Å². The number of carbonyl (C=O) groups excluding carboxylic acids is 1. The zero-order valence-corrected chi connectivity index (χ0v) is 8.25. The largest absolute Gasteiger partial charge is 0.484 e. The van der Waals surface area contributed by atoms with E-state index in [4.69, 9.17) is 0 Å². The molecule has 0 amide bonds. The highest BCUT2D eigenvalue weighted by Crippen LogP contribution is 2.18. The first-order valence-corrected chi connectivity index (χ1v) is 4.16. The molecule has 0 saturated carbocycles. The SMILES string of the molecule is COC(=O)c1cc(OCC(F)(F)F)ccn1. The van der Waals surface area contributed by atoms with Crippen molar-refractivity contribution in [1.82, 2.24) is 4.98 Å². The summed E-state index contributed by atoms with van der Waals surface area (Å²) in [4.78, 5) is 14.6. The summed E-state index contributed by atoms with van der Waals surface area (Å²) in [7, 11) is 1.15. The lowest BCUT2D eigenvalue weighted by Gasteiger charge is -2.09.